The topological polar surface area (TPSA) is 12.0 Å². The van der Waals surface area contributed by atoms with Gasteiger partial charge in [-0.15, -0.1) is 11.3 Å². The summed E-state index contributed by atoms with van der Waals surface area (Å²) in [6.07, 6.45) is -4.69. The highest BCUT2D eigenvalue weighted by molar-refractivity contribution is 7.10. The van der Waals surface area contributed by atoms with Gasteiger partial charge in [0, 0.05) is 10.4 Å². The number of nitrogens with one attached hydrogen (secondary N) is 1. The second kappa shape index (κ2) is 6.15. The van der Waals surface area contributed by atoms with Crippen molar-refractivity contribution in [3.63, 3.8) is 0 Å². The van der Waals surface area contributed by atoms with Crippen LogP contribution in [0.5, 0.6) is 0 Å². The van der Waals surface area contributed by atoms with Gasteiger partial charge in [-0.05, 0) is 36.5 Å². The fourth-order valence-electron chi connectivity index (χ4n) is 2.22. The van der Waals surface area contributed by atoms with Crippen LogP contribution >= 0.6 is 11.3 Å². The fraction of sp³-hybridized carbons (Fsp3) is 0.333. The number of aryl methyl sites for hydroxylation is 1. The van der Waals surface area contributed by atoms with Crippen molar-refractivity contribution >= 4 is 11.3 Å². The molecule has 1 N–H and O–H groups in total. The van der Waals surface area contributed by atoms with E-state index in [1.165, 1.54) is 23.5 Å². The van der Waals surface area contributed by atoms with Crippen molar-refractivity contribution in [3.8, 4) is 0 Å². The summed E-state index contributed by atoms with van der Waals surface area (Å²) in [7, 11) is 0. The maximum atomic E-state index is 14.3. The minimum atomic E-state index is -4.69. The van der Waals surface area contributed by atoms with Crippen LogP contribution in [0.3, 0.4) is 0 Å². The van der Waals surface area contributed by atoms with Gasteiger partial charge in [-0.2, -0.15) is 13.2 Å². The highest BCUT2D eigenvalue weighted by atomic mass is 32.1. The Kier molecular flexibility index (Phi) is 4.68. The first kappa shape index (κ1) is 16.0. The quantitative estimate of drug-likeness (QED) is 0.790. The Labute approximate surface area is 124 Å². The number of benzene rings is 1. The third-order valence-electron chi connectivity index (χ3n) is 3.22. The molecule has 1 heterocycles. The van der Waals surface area contributed by atoms with Crippen LogP contribution < -0.4 is 5.32 Å². The van der Waals surface area contributed by atoms with Crippen LogP contribution in [0.25, 0.3) is 0 Å². The van der Waals surface area contributed by atoms with Crippen LogP contribution in [0.2, 0.25) is 0 Å². The van der Waals surface area contributed by atoms with Crippen LogP contribution in [-0.4, -0.2) is 6.54 Å². The molecule has 1 aromatic carbocycles. The Morgan fingerprint density at radius 3 is 2.48 bits per heavy atom. The van der Waals surface area contributed by atoms with Crippen LogP contribution in [0.15, 0.2) is 29.6 Å². The van der Waals surface area contributed by atoms with Crippen molar-refractivity contribution in [2.75, 3.05) is 6.54 Å². The monoisotopic (exact) mass is 317 g/mol. The number of halogens is 4. The molecule has 2 aromatic rings. The highest BCUT2D eigenvalue weighted by Gasteiger charge is 2.36. The molecule has 1 nitrogen and oxygen atoms in total. The predicted octanol–water partition coefficient (Wildman–Crippen LogP) is 4.91. The molecule has 1 atom stereocenters. The Bertz CT molecular complexity index is 618. The fourth-order valence-corrected chi connectivity index (χ4v) is 3.24. The standard InChI is InChI=1S/C15H15F4NS/c1-3-20-13(14-9(2)7-8-21-14)10-5-4-6-11(12(10)16)15(17,18)19/h4-8,13,20H,3H2,1-2H3. The molecule has 0 radical (unpaired) electrons. The van der Waals surface area contributed by atoms with Gasteiger partial charge in [0.15, 0.2) is 0 Å². The number of hydrogen-bond donors (Lipinski definition) is 1. The van der Waals surface area contributed by atoms with Gasteiger partial charge in [-0.3, -0.25) is 0 Å². The first-order chi connectivity index (χ1) is 9.86. The van der Waals surface area contributed by atoms with E-state index in [9.17, 15) is 17.6 Å². The number of hydrogen-bond acceptors (Lipinski definition) is 2. The second-order valence-corrected chi connectivity index (χ2v) is 5.61. The Morgan fingerprint density at radius 2 is 1.95 bits per heavy atom. The van der Waals surface area contributed by atoms with Gasteiger partial charge < -0.3 is 5.32 Å². The molecule has 0 fully saturated rings. The van der Waals surface area contributed by atoms with Crippen molar-refractivity contribution in [2.24, 2.45) is 0 Å². The third kappa shape index (κ3) is 3.27. The molecule has 0 aliphatic carbocycles. The van der Waals surface area contributed by atoms with E-state index in [1.807, 2.05) is 25.3 Å². The average molecular weight is 317 g/mol. The molecule has 2 rings (SSSR count). The van der Waals surface area contributed by atoms with Crippen molar-refractivity contribution in [2.45, 2.75) is 26.1 Å². The number of alkyl halides is 3. The van der Waals surface area contributed by atoms with E-state index in [4.69, 9.17) is 0 Å². The molecule has 21 heavy (non-hydrogen) atoms. The molecule has 0 saturated heterocycles. The molecule has 0 aliphatic heterocycles. The van der Waals surface area contributed by atoms with Crippen molar-refractivity contribution in [1.29, 1.82) is 0 Å². The minimum Gasteiger partial charge on any atom is -0.306 e. The van der Waals surface area contributed by atoms with Gasteiger partial charge in [-0.25, -0.2) is 4.39 Å². The van der Waals surface area contributed by atoms with E-state index in [0.29, 0.717) is 6.54 Å². The maximum Gasteiger partial charge on any atom is 0.419 e. The summed E-state index contributed by atoms with van der Waals surface area (Å²) in [6.45, 7) is 4.22. The molecule has 114 valence electrons. The van der Waals surface area contributed by atoms with E-state index in [-0.39, 0.29) is 5.56 Å². The molecular formula is C15H15F4NS. The highest BCUT2D eigenvalue weighted by Crippen LogP contribution is 2.37. The van der Waals surface area contributed by atoms with Crippen LogP contribution in [0, 0.1) is 12.7 Å². The first-order valence-electron chi connectivity index (χ1n) is 6.49. The summed E-state index contributed by atoms with van der Waals surface area (Å²) in [6, 6.07) is 4.71. The van der Waals surface area contributed by atoms with Crippen molar-refractivity contribution < 1.29 is 17.6 Å². The maximum absolute atomic E-state index is 14.3. The Balaban J connectivity index is 2.54. The van der Waals surface area contributed by atoms with E-state index >= 15 is 0 Å². The van der Waals surface area contributed by atoms with Crippen molar-refractivity contribution in [3.05, 3.63) is 57.0 Å². The van der Waals surface area contributed by atoms with Gasteiger partial charge >= 0.3 is 6.18 Å². The zero-order chi connectivity index (χ0) is 15.6. The predicted molar refractivity (Wildman–Crippen MR) is 76.0 cm³/mol. The van der Waals surface area contributed by atoms with Crippen LogP contribution in [-0.2, 0) is 6.18 Å². The third-order valence-corrected chi connectivity index (χ3v) is 4.30. The van der Waals surface area contributed by atoms with Crippen molar-refractivity contribution in [1.82, 2.24) is 5.32 Å². The Hall–Kier alpha value is -1.40. The lowest BCUT2D eigenvalue weighted by Crippen LogP contribution is -2.24. The molecule has 0 aliphatic rings. The summed E-state index contributed by atoms with van der Waals surface area (Å²) in [4.78, 5) is 0.829. The normalized spacial score (nSPS) is 13.4. The second-order valence-electron chi connectivity index (χ2n) is 4.67. The molecule has 0 amide bonds. The molecule has 0 spiro atoms. The van der Waals surface area contributed by atoms with Gasteiger partial charge in [0.25, 0.3) is 0 Å². The summed E-state index contributed by atoms with van der Waals surface area (Å²) in [5.41, 5.74) is -0.267. The van der Waals surface area contributed by atoms with Gasteiger partial charge in [0.2, 0.25) is 0 Å². The summed E-state index contributed by atoms with van der Waals surface area (Å²) in [5, 5.41) is 4.91. The first-order valence-corrected chi connectivity index (χ1v) is 7.37. The number of rotatable bonds is 4. The van der Waals surface area contributed by atoms with Gasteiger partial charge in [0.05, 0.1) is 11.6 Å². The lowest BCUT2D eigenvalue weighted by Gasteiger charge is -2.20. The summed E-state index contributed by atoms with van der Waals surface area (Å²) < 4.78 is 52.8. The Morgan fingerprint density at radius 1 is 1.24 bits per heavy atom. The van der Waals surface area contributed by atoms with Gasteiger partial charge in [0.1, 0.15) is 5.82 Å². The van der Waals surface area contributed by atoms with Crippen LogP contribution in [0.4, 0.5) is 17.6 Å². The molecule has 1 aromatic heterocycles. The molecule has 0 saturated carbocycles. The largest absolute Gasteiger partial charge is 0.419 e. The van der Waals surface area contributed by atoms with E-state index in [2.05, 4.69) is 5.32 Å². The van der Waals surface area contributed by atoms with Crippen LogP contribution in [0.1, 0.15) is 34.5 Å². The molecule has 1 unspecified atom stereocenters. The van der Waals surface area contributed by atoms with Gasteiger partial charge in [-0.1, -0.05) is 19.1 Å². The number of thiophene rings is 1. The summed E-state index contributed by atoms with van der Waals surface area (Å²) in [5.74, 6) is -1.20. The minimum absolute atomic E-state index is 0.0252. The molecular weight excluding hydrogens is 302 g/mol. The molecule has 6 heteroatoms. The lowest BCUT2D eigenvalue weighted by molar-refractivity contribution is -0.140. The van der Waals surface area contributed by atoms with E-state index < -0.39 is 23.6 Å². The zero-order valence-corrected chi connectivity index (χ0v) is 12.4. The molecule has 0 bridgehead atoms. The van der Waals surface area contributed by atoms with E-state index in [0.717, 1.165) is 16.5 Å². The lowest BCUT2D eigenvalue weighted by atomic mass is 9.99. The zero-order valence-electron chi connectivity index (χ0n) is 11.6. The smallest absolute Gasteiger partial charge is 0.306 e. The SMILES string of the molecule is CCNC(c1cccc(C(F)(F)F)c1F)c1sccc1C. The average Bonchev–Trinajstić information content (AvgIpc) is 2.81. The summed E-state index contributed by atoms with van der Waals surface area (Å²) >= 11 is 1.40. The van der Waals surface area contributed by atoms with E-state index in [1.54, 1.807) is 0 Å².